The third-order valence-electron chi connectivity index (χ3n) is 2.58. The van der Waals surface area contributed by atoms with E-state index >= 15 is 0 Å². The third-order valence-corrected chi connectivity index (χ3v) is 2.58. The molecular weight excluding hydrogens is 248 g/mol. The first-order valence-corrected chi connectivity index (χ1v) is 6.90. The van der Waals surface area contributed by atoms with Gasteiger partial charge in [-0.2, -0.15) is 0 Å². The number of hydrogen-bond donors (Lipinski definition) is 3. The predicted molar refractivity (Wildman–Crippen MR) is 73.2 cm³/mol. The van der Waals surface area contributed by atoms with E-state index in [4.69, 9.17) is 9.84 Å². The number of carboxylic acid groups (broad SMARTS) is 1. The third kappa shape index (κ3) is 12.9. The first-order valence-electron chi connectivity index (χ1n) is 6.90. The lowest BCUT2D eigenvalue weighted by molar-refractivity contribution is -0.137. The van der Waals surface area contributed by atoms with Crippen molar-refractivity contribution in [1.82, 2.24) is 10.6 Å². The lowest BCUT2D eigenvalue weighted by atomic mass is 10.1. The molecule has 0 bridgehead atoms. The van der Waals surface area contributed by atoms with Crippen molar-refractivity contribution in [3.8, 4) is 0 Å². The Bertz CT molecular complexity index is 259. The molecule has 0 radical (unpaired) electrons. The molecule has 0 aliphatic rings. The average molecular weight is 274 g/mol. The smallest absolute Gasteiger partial charge is 0.315 e. The monoisotopic (exact) mass is 274 g/mol. The van der Waals surface area contributed by atoms with Crippen LogP contribution in [0.1, 0.15) is 46.0 Å². The van der Waals surface area contributed by atoms with Gasteiger partial charge in [0.15, 0.2) is 0 Å². The van der Waals surface area contributed by atoms with E-state index in [1.807, 2.05) is 6.92 Å². The zero-order chi connectivity index (χ0) is 14.5. The Morgan fingerprint density at radius 3 is 2.63 bits per heavy atom. The predicted octanol–water partition coefficient (Wildman–Crippen LogP) is 1.75. The molecule has 0 aliphatic heterocycles. The van der Waals surface area contributed by atoms with Gasteiger partial charge in [-0.3, -0.25) is 4.79 Å². The first-order chi connectivity index (χ1) is 9.06. The maximum absolute atomic E-state index is 11.4. The summed E-state index contributed by atoms with van der Waals surface area (Å²) in [5.41, 5.74) is 0. The van der Waals surface area contributed by atoms with Gasteiger partial charge >= 0.3 is 12.0 Å². The van der Waals surface area contributed by atoms with Crippen LogP contribution in [-0.2, 0) is 9.53 Å². The lowest BCUT2D eigenvalue weighted by Gasteiger charge is -2.14. The number of rotatable bonds is 11. The van der Waals surface area contributed by atoms with E-state index in [9.17, 15) is 9.59 Å². The van der Waals surface area contributed by atoms with Crippen LogP contribution in [0.25, 0.3) is 0 Å². The average Bonchev–Trinajstić information content (AvgIpc) is 2.33. The molecule has 0 heterocycles. The van der Waals surface area contributed by atoms with Crippen molar-refractivity contribution in [2.75, 3.05) is 19.8 Å². The molecular formula is C13H26N2O4. The molecule has 3 N–H and O–H groups in total. The number of carbonyl (C=O) groups excluding carboxylic acids is 1. The molecule has 0 aromatic carbocycles. The van der Waals surface area contributed by atoms with Gasteiger partial charge in [0.25, 0.3) is 0 Å². The molecule has 1 unspecified atom stereocenters. The molecule has 112 valence electrons. The molecule has 2 amide bonds. The number of ether oxygens (including phenoxy) is 1. The minimum atomic E-state index is -0.805. The van der Waals surface area contributed by atoms with Crippen LogP contribution in [-0.4, -0.2) is 42.9 Å². The number of amides is 2. The van der Waals surface area contributed by atoms with Crippen molar-refractivity contribution in [3.63, 3.8) is 0 Å². The van der Waals surface area contributed by atoms with Gasteiger partial charge < -0.3 is 20.5 Å². The van der Waals surface area contributed by atoms with Crippen LogP contribution in [0.4, 0.5) is 4.79 Å². The maximum Gasteiger partial charge on any atom is 0.315 e. The summed E-state index contributed by atoms with van der Waals surface area (Å²) in [7, 11) is 0. The van der Waals surface area contributed by atoms with Gasteiger partial charge in [-0.25, -0.2) is 4.79 Å². The highest BCUT2D eigenvalue weighted by molar-refractivity contribution is 5.74. The van der Waals surface area contributed by atoms with Gasteiger partial charge in [0, 0.05) is 25.6 Å². The summed E-state index contributed by atoms with van der Waals surface area (Å²) < 4.78 is 5.31. The van der Waals surface area contributed by atoms with Crippen LogP contribution in [0, 0.1) is 0 Å². The lowest BCUT2D eigenvalue weighted by Crippen LogP contribution is -2.42. The molecule has 0 aromatic rings. The van der Waals surface area contributed by atoms with Crippen molar-refractivity contribution in [3.05, 3.63) is 0 Å². The summed E-state index contributed by atoms with van der Waals surface area (Å²) in [6.45, 7) is 5.68. The highest BCUT2D eigenvalue weighted by Gasteiger charge is 2.07. The molecule has 0 aromatic heterocycles. The van der Waals surface area contributed by atoms with Crippen LogP contribution < -0.4 is 10.6 Å². The van der Waals surface area contributed by atoms with Gasteiger partial charge in [-0.1, -0.05) is 13.3 Å². The fraction of sp³-hybridized carbons (Fsp3) is 0.846. The summed E-state index contributed by atoms with van der Waals surface area (Å²) in [4.78, 5) is 21.8. The fourth-order valence-corrected chi connectivity index (χ4v) is 1.49. The molecule has 0 saturated carbocycles. The second kappa shape index (κ2) is 11.8. The molecule has 0 rings (SSSR count). The standard InChI is InChI=1S/C13H26N2O4/c1-3-4-9-19-10-8-14-13(18)15-11(2)6-5-7-12(16)17/h11H,3-10H2,1-2H3,(H,16,17)(H2,14,15,18). The van der Waals surface area contributed by atoms with E-state index in [2.05, 4.69) is 17.6 Å². The summed E-state index contributed by atoms with van der Waals surface area (Å²) in [6.07, 6.45) is 3.50. The van der Waals surface area contributed by atoms with Crippen LogP contribution >= 0.6 is 0 Å². The Morgan fingerprint density at radius 1 is 1.26 bits per heavy atom. The zero-order valence-corrected chi connectivity index (χ0v) is 11.9. The molecule has 6 nitrogen and oxygen atoms in total. The van der Waals surface area contributed by atoms with Crippen molar-refractivity contribution < 1.29 is 19.4 Å². The van der Waals surface area contributed by atoms with Gasteiger partial charge in [0.05, 0.1) is 6.61 Å². The molecule has 19 heavy (non-hydrogen) atoms. The Balaban J connectivity index is 3.43. The van der Waals surface area contributed by atoms with E-state index in [1.165, 1.54) is 0 Å². The Hall–Kier alpha value is -1.30. The number of urea groups is 1. The van der Waals surface area contributed by atoms with Crippen molar-refractivity contribution >= 4 is 12.0 Å². The van der Waals surface area contributed by atoms with E-state index in [1.54, 1.807) is 0 Å². The van der Waals surface area contributed by atoms with Crippen molar-refractivity contribution in [2.45, 2.75) is 52.0 Å². The minimum Gasteiger partial charge on any atom is -0.481 e. The fourth-order valence-electron chi connectivity index (χ4n) is 1.49. The molecule has 0 aliphatic carbocycles. The van der Waals surface area contributed by atoms with E-state index in [-0.39, 0.29) is 18.5 Å². The van der Waals surface area contributed by atoms with E-state index in [0.29, 0.717) is 26.0 Å². The highest BCUT2D eigenvalue weighted by atomic mass is 16.5. The number of aliphatic carboxylic acids is 1. The summed E-state index contributed by atoms with van der Waals surface area (Å²) in [6, 6.07) is -0.262. The topological polar surface area (TPSA) is 87.7 Å². The first kappa shape index (κ1) is 17.7. The second-order valence-corrected chi connectivity index (χ2v) is 4.55. The maximum atomic E-state index is 11.4. The number of nitrogens with one attached hydrogen (secondary N) is 2. The van der Waals surface area contributed by atoms with Gasteiger partial charge in [-0.05, 0) is 26.2 Å². The second-order valence-electron chi connectivity index (χ2n) is 4.55. The van der Waals surface area contributed by atoms with Crippen LogP contribution in [0.3, 0.4) is 0 Å². The van der Waals surface area contributed by atoms with E-state index < -0.39 is 5.97 Å². The van der Waals surface area contributed by atoms with Gasteiger partial charge in [0.2, 0.25) is 0 Å². The zero-order valence-electron chi connectivity index (χ0n) is 11.9. The van der Waals surface area contributed by atoms with Gasteiger partial charge in [0.1, 0.15) is 0 Å². The molecule has 1 atom stereocenters. The number of unbranched alkanes of at least 4 members (excludes halogenated alkanes) is 1. The SMILES string of the molecule is CCCCOCCNC(=O)NC(C)CCCC(=O)O. The largest absolute Gasteiger partial charge is 0.481 e. The summed E-state index contributed by atoms with van der Waals surface area (Å²) in [5.74, 6) is -0.805. The van der Waals surface area contributed by atoms with Crippen LogP contribution in [0.15, 0.2) is 0 Å². The molecule has 0 spiro atoms. The number of carboxylic acids is 1. The quantitative estimate of drug-likeness (QED) is 0.501. The van der Waals surface area contributed by atoms with Gasteiger partial charge in [-0.15, -0.1) is 0 Å². The molecule has 6 heteroatoms. The Labute approximate surface area is 114 Å². The Morgan fingerprint density at radius 2 is 2.00 bits per heavy atom. The molecule has 0 saturated heterocycles. The molecule has 0 fully saturated rings. The normalized spacial score (nSPS) is 11.9. The summed E-state index contributed by atoms with van der Waals surface area (Å²) >= 11 is 0. The number of carbonyl (C=O) groups is 2. The number of hydrogen-bond acceptors (Lipinski definition) is 3. The van der Waals surface area contributed by atoms with Crippen molar-refractivity contribution in [2.24, 2.45) is 0 Å². The summed E-state index contributed by atoms with van der Waals surface area (Å²) in [5, 5.41) is 14.0. The van der Waals surface area contributed by atoms with Crippen LogP contribution in [0.2, 0.25) is 0 Å². The minimum absolute atomic E-state index is 0.0274. The van der Waals surface area contributed by atoms with E-state index in [0.717, 1.165) is 19.4 Å². The van der Waals surface area contributed by atoms with Crippen LogP contribution in [0.5, 0.6) is 0 Å². The highest BCUT2D eigenvalue weighted by Crippen LogP contribution is 2.00. The van der Waals surface area contributed by atoms with Crippen molar-refractivity contribution in [1.29, 1.82) is 0 Å². The Kier molecular flexibility index (Phi) is 11.0.